The number of nitrogens with one attached hydrogen (secondary N) is 1. The molecule has 0 saturated heterocycles. The molecule has 1 amide bonds. The van der Waals surface area contributed by atoms with Crippen molar-refractivity contribution in [3.8, 4) is 11.3 Å². The summed E-state index contributed by atoms with van der Waals surface area (Å²) in [5.41, 5.74) is 4.31. The van der Waals surface area contributed by atoms with Crippen LogP contribution in [0.15, 0.2) is 72.9 Å². The normalized spacial score (nSPS) is 10.9. The Morgan fingerprint density at radius 2 is 1.83 bits per heavy atom. The van der Waals surface area contributed by atoms with E-state index in [4.69, 9.17) is 0 Å². The maximum Gasteiger partial charge on any atom is 0.224 e. The molecule has 0 aliphatic rings. The van der Waals surface area contributed by atoms with E-state index in [1.165, 1.54) is 19.1 Å². The summed E-state index contributed by atoms with van der Waals surface area (Å²) in [5.74, 6) is -0.524. The number of amides is 1. The molecular formula is C24H20FN3O2. The maximum atomic E-state index is 13.3. The van der Waals surface area contributed by atoms with Gasteiger partial charge >= 0.3 is 0 Å². The zero-order valence-corrected chi connectivity index (χ0v) is 16.4. The second kappa shape index (κ2) is 8.29. The summed E-state index contributed by atoms with van der Waals surface area (Å²) in [4.78, 5) is 28.8. The lowest BCUT2D eigenvalue weighted by molar-refractivity contribution is -0.116. The fourth-order valence-corrected chi connectivity index (χ4v) is 3.40. The van der Waals surface area contributed by atoms with Gasteiger partial charge in [-0.25, -0.2) is 9.37 Å². The van der Waals surface area contributed by atoms with Crippen LogP contribution < -0.4 is 5.32 Å². The van der Waals surface area contributed by atoms with Crippen LogP contribution in [0.5, 0.6) is 0 Å². The molecule has 0 bridgehead atoms. The van der Waals surface area contributed by atoms with Crippen LogP contribution in [-0.2, 0) is 11.2 Å². The van der Waals surface area contributed by atoms with E-state index in [1.54, 1.807) is 36.4 Å². The Morgan fingerprint density at radius 3 is 2.60 bits per heavy atom. The van der Waals surface area contributed by atoms with Crippen molar-refractivity contribution >= 4 is 23.0 Å². The number of fused-ring (bicyclic) bond motifs is 1. The number of benzene rings is 2. The van der Waals surface area contributed by atoms with Crippen LogP contribution in [0.1, 0.15) is 29.4 Å². The molecule has 0 radical (unpaired) electrons. The van der Waals surface area contributed by atoms with Crippen LogP contribution in [-0.4, -0.2) is 21.1 Å². The molecule has 0 aliphatic heterocycles. The first kappa shape index (κ1) is 19.5. The molecule has 1 N–H and O–H groups in total. The second-order valence-corrected chi connectivity index (χ2v) is 7.03. The van der Waals surface area contributed by atoms with E-state index in [0.717, 1.165) is 22.6 Å². The van der Waals surface area contributed by atoms with Crippen molar-refractivity contribution in [2.75, 3.05) is 5.32 Å². The van der Waals surface area contributed by atoms with Crippen LogP contribution in [0.3, 0.4) is 0 Å². The minimum Gasteiger partial charge on any atom is -0.326 e. The highest BCUT2D eigenvalue weighted by atomic mass is 19.1. The number of aromatic nitrogens is 2. The van der Waals surface area contributed by atoms with Crippen LogP contribution in [0.4, 0.5) is 10.1 Å². The lowest BCUT2D eigenvalue weighted by Gasteiger charge is -2.08. The van der Waals surface area contributed by atoms with Crippen molar-refractivity contribution in [1.82, 2.24) is 9.38 Å². The summed E-state index contributed by atoms with van der Waals surface area (Å²) in [5, 5.41) is 2.84. The zero-order valence-electron chi connectivity index (χ0n) is 16.4. The summed E-state index contributed by atoms with van der Waals surface area (Å²) in [6.07, 6.45) is 2.59. The Morgan fingerprint density at radius 1 is 1.03 bits per heavy atom. The van der Waals surface area contributed by atoms with Crippen LogP contribution in [0, 0.1) is 5.82 Å². The molecule has 4 rings (SSSR count). The number of halogens is 1. The number of carbonyl (C=O) groups excluding carboxylic acids is 2. The van der Waals surface area contributed by atoms with Crippen molar-refractivity contribution in [3.05, 3.63) is 90.0 Å². The molecule has 150 valence electrons. The van der Waals surface area contributed by atoms with Gasteiger partial charge in [-0.05, 0) is 61.9 Å². The summed E-state index contributed by atoms with van der Waals surface area (Å²) < 4.78 is 15.3. The zero-order chi connectivity index (χ0) is 21.1. The van der Waals surface area contributed by atoms with Crippen molar-refractivity contribution in [2.24, 2.45) is 0 Å². The maximum absolute atomic E-state index is 13.3. The van der Waals surface area contributed by atoms with Gasteiger partial charge in [-0.15, -0.1) is 0 Å². The molecule has 2 heterocycles. The number of anilines is 1. The van der Waals surface area contributed by atoms with Crippen molar-refractivity contribution < 1.29 is 14.0 Å². The van der Waals surface area contributed by atoms with Gasteiger partial charge in [-0.3, -0.25) is 9.59 Å². The predicted octanol–water partition coefficient (Wildman–Crippen LogP) is 4.91. The van der Waals surface area contributed by atoms with E-state index in [9.17, 15) is 14.0 Å². The molecule has 0 atom stereocenters. The average molecular weight is 401 g/mol. The SMILES string of the molecule is CC(=O)c1cccc(NC(=O)CCc2c(-c3ccc(F)cc3)nc3ccccn23)c1. The number of carbonyl (C=O) groups is 2. The Kier molecular flexibility index (Phi) is 5.39. The molecule has 0 saturated carbocycles. The molecule has 0 unspecified atom stereocenters. The van der Waals surface area contributed by atoms with Gasteiger partial charge in [0.1, 0.15) is 11.5 Å². The average Bonchev–Trinajstić information content (AvgIpc) is 3.11. The smallest absolute Gasteiger partial charge is 0.224 e. The van der Waals surface area contributed by atoms with Crippen molar-refractivity contribution in [1.29, 1.82) is 0 Å². The second-order valence-electron chi connectivity index (χ2n) is 7.03. The topological polar surface area (TPSA) is 63.5 Å². The summed E-state index contributed by atoms with van der Waals surface area (Å²) >= 11 is 0. The summed E-state index contributed by atoms with van der Waals surface area (Å²) in [6, 6.07) is 18.7. The van der Waals surface area contributed by atoms with E-state index in [1.807, 2.05) is 28.8 Å². The predicted molar refractivity (Wildman–Crippen MR) is 114 cm³/mol. The van der Waals surface area contributed by atoms with Crippen LogP contribution in [0.25, 0.3) is 16.9 Å². The number of nitrogens with zero attached hydrogens (tertiary/aromatic N) is 2. The number of aryl methyl sites for hydroxylation is 1. The van der Waals surface area contributed by atoms with Crippen LogP contribution >= 0.6 is 0 Å². The van der Waals surface area contributed by atoms with Gasteiger partial charge in [0, 0.05) is 29.4 Å². The number of pyridine rings is 1. The molecule has 4 aromatic rings. The Bertz CT molecular complexity index is 1230. The fraction of sp³-hybridized carbons (Fsp3) is 0.125. The molecule has 2 aromatic heterocycles. The van der Waals surface area contributed by atoms with E-state index < -0.39 is 0 Å². The largest absolute Gasteiger partial charge is 0.326 e. The third-order valence-corrected chi connectivity index (χ3v) is 4.89. The van der Waals surface area contributed by atoms with Gasteiger partial charge in [0.2, 0.25) is 5.91 Å². The molecular weight excluding hydrogens is 381 g/mol. The quantitative estimate of drug-likeness (QED) is 0.467. The van der Waals surface area contributed by atoms with Gasteiger partial charge in [-0.1, -0.05) is 18.2 Å². The Labute approximate surface area is 173 Å². The summed E-state index contributed by atoms with van der Waals surface area (Å²) in [6.45, 7) is 1.49. The molecule has 0 fully saturated rings. The van der Waals surface area contributed by atoms with Gasteiger partial charge in [0.05, 0.1) is 11.4 Å². The lowest BCUT2D eigenvalue weighted by atomic mass is 10.1. The highest BCUT2D eigenvalue weighted by Gasteiger charge is 2.15. The van der Waals surface area contributed by atoms with Crippen LogP contribution in [0.2, 0.25) is 0 Å². The van der Waals surface area contributed by atoms with Crippen molar-refractivity contribution in [3.63, 3.8) is 0 Å². The lowest BCUT2D eigenvalue weighted by Crippen LogP contribution is -2.13. The van der Waals surface area contributed by atoms with E-state index in [0.29, 0.717) is 17.7 Å². The monoisotopic (exact) mass is 401 g/mol. The number of rotatable bonds is 6. The molecule has 0 spiro atoms. The minimum atomic E-state index is -0.309. The molecule has 30 heavy (non-hydrogen) atoms. The third kappa shape index (κ3) is 4.12. The van der Waals surface area contributed by atoms with E-state index in [2.05, 4.69) is 10.3 Å². The highest BCUT2D eigenvalue weighted by Crippen LogP contribution is 2.26. The first-order valence-corrected chi connectivity index (χ1v) is 9.64. The minimum absolute atomic E-state index is 0.0548. The van der Waals surface area contributed by atoms with Gasteiger partial charge in [0.25, 0.3) is 0 Å². The molecule has 5 nitrogen and oxygen atoms in total. The number of ketones is 1. The van der Waals surface area contributed by atoms with E-state index >= 15 is 0 Å². The third-order valence-electron chi connectivity index (χ3n) is 4.89. The standard InChI is InChI=1S/C24H20FN3O2/c1-16(29)18-5-4-6-20(15-18)26-23(30)13-12-21-24(17-8-10-19(25)11-9-17)27-22-7-2-3-14-28(21)22/h2-11,14-15H,12-13H2,1H3,(H,26,30). The molecule has 0 aliphatic carbocycles. The Balaban J connectivity index is 1.57. The van der Waals surface area contributed by atoms with Gasteiger partial charge in [0.15, 0.2) is 5.78 Å². The first-order valence-electron chi connectivity index (χ1n) is 9.64. The molecule has 6 heteroatoms. The highest BCUT2D eigenvalue weighted by molar-refractivity contribution is 5.97. The first-order chi connectivity index (χ1) is 14.5. The number of hydrogen-bond donors (Lipinski definition) is 1. The number of hydrogen-bond acceptors (Lipinski definition) is 3. The number of Topliss-reactive ketones (excluding diaryl/α,β-unsaturated/α-hetero) is 1. The summed E-state index contributed by atoms with van der Waals surface area (Å²) in [7, 11) is 0. The number of imidazole rings is 1. The molecule has 2 aromatic carbocycles. The van der Waals surface area contributed by atoms with Gasteiger partial charge < -0.3 is 9.72 Å². The van der Waals surface area contributed by atoms with Crippen molar-refractivity contribution in [2.45, 2.75) is 19.8 Å². The Hall–Kier alpha value is -3.80. The van der Waals surface area contributed by atoms with E-state index in [-0.39, 0.29) is 23.9 Å². The fourth-order valence-electron chi connectivity index (χ4n) is 3.40. The van der Waals surface area contributed by atoms with Gasteiger partial charge in [-0.2, -0.15) is 0 Å².